The molecule has 2 saturated heterocycles. The van der Waals surface area contributed by atoms with Gasteiger partial charge in [0, 0.05) is 32.2 Å². The van der Waals surface area contributed by atoms with Crippen LogP contribution in [-0.2, 0) is 9.53 Å². The standard InChI is InChI=1S/C12H23N3O2/c1-10-8-15(12(16)7-13-2)9-11(10)14-3-5-17-6-4-14/h10-11,13H,3-9H2,1-2H3. The Bertz CT molecular complexity index is 266. The topological polar surface area (TPSA) is 44.8 Å². The molecule has 2 aliphatic rings. The summed E-state index contributed by atoms with van der Waals surface area (Å²) in [6.07, 6.45) is 0. The minimum atomic E-state index is 0.218. The van der Waals surface area contributed by atoms with Crippen LogP contribution in [-0.4, -0.2) is 74.7 Å². The van der Waals surface area contributed by atoms with Gasteiger partial charge in [0.15, 0.2) is 0 Å². The van der Waals surface area contributed by atoms with E-state index in [2.05, 4.69) is 17.1 Å². The largest absolute Gasteiger partial charge is 0.379 e. The first-order valence-corrected chi connectivity index (χ1v) is 6.46. The van der Waals surface area contributed by atoms with E-state index in [4.69, 9.17) is 4.74 Å². The summed E-state index contributed by atoms with van der Waals surface area (Å²) in [5, 5.41) is 2.93. The first-order chi connectivity index (χ1) is 8.22. The van der Waals surface area contributed by atoms with Gasteiger partial charge in [0.25, 0.3) is 0 Å². The van der Waals surface area contributed by atoms with Crippen molar-refractivity contribution < 1.29 is 9.53 Å². The predicted octanol–water partition coefficient (Wildman–Crippen LogP) is -0.615. The van der Waals surface area contributed by atoms with E-state index >= 15 is 0 Å². The maximum Gasteiger partial charge on any atom is 0.236 e. The predicted molar refractivity (Wildman–Crippen MR) is 65.9 cm³/mol. The van der Waals surface area contributed by atoms with Crippen LogP contribution in [0.5, 0.6) is 0 Å². The maximum atomic E-state index is 11.8. The molecule has 0 radical (unpaired) electrons. The normalized spacial score (nSPS) is 30.8. The summed E-state index contributed by atoms with van der Waals surface area (Å²) in [4.78, 5) is 16.3. The lowest BCUT2D eigenvalue weighted by Crippen LogP contribution is -2.47. The van der Waals surface area contributed by atoms with Crippen molar-refractivity contribution >= 4 is 5.91 Å². The van der Waals surface area contributed by atoms with Gasteiger partial charge in [-0.1, -0.05) is 6.92 Å². The van der Waals surface area contributed by atoms with Crippen LogP contribution >= 0.6 is 0 Å². The third kappa shape index (κ3) is 2.97. The molecule has 1 amide bonds. The molecule has 2 rings (SSSR count). The molecule has 2 unspecified atom stereocenters. The summed E-state index contributed by atoms with van der Waals surface area (Å²) in [6.45, 7) is 8.12. The minimum absolute atomic E-state index is 0.218. The van der Waals surface area contributed by atoms with Gasteiger partial charge in [-0.15, -0.1) is 0 Å². The number of ether oxygens (including phenoxy) is 1. The zero-order valence-corrected chi connectivity index (χ0v) is 10.8. The molecule has 0 bridgehead atoms. The van der Waals surface area contributed by atoms with Gasteiger partial charge < -0.3 is 15.0 Å². The molecule has 17 heavy (non-hydrogen) atoms. The van der Waals surface area contributed by atoms with E-state index < -0.39 is 0 Å². The van der Waals surface area contributed by atoms with Gasteiger partial charge >= 0.3 is 0 Å². The summed E-state index contributed by atoms with van der Waals surface area (Å²) in [5.41, 5.74) is 0. The Kier molecular flexibility index (Phi) is 4.36. The number of nitrogens with one attached hydrogen (secondary N) is 1. The fraction of sp³-hybridized carbons (Fsp3) is 0.917. The second kappa shape index (κ2) is 5.80. The molecule has 2 fully saturated rings. The maximum absolute atomic E-state index is 11.8. The molecule has 0 aliphatic carbocycles. The molecule has 0 saturated carbocycles. The van der Waals surface area contributed by atoms with Crippen LogP contribution in [0.1, 0.15) is 6.92 Å². The minimum Gasteiger partial charge on any atom is -0.379 e. The second-order valence-corrected chi connectivity index (χ2v) is 5.02. The highest BCUT2D eigenvalue weighted by molar-refractivity contribution is 5.78. The molecule has 0 aromatic carbocycles. The monoisotopic (exact) mass is 241 g/mol. The molecule has 5 nitrogen and oxygen atoms in total. The van der Waals surface area contributed by atoms with Crippen molar-refractivity contribution in [3.8, 4) is 0 Å². The third-order valence-corrected chi connectivity index (χ3v) is 3.77. The van der Waals surface area contributed by atoms with Gasteiger partial charge in [-0.3, -0.25) is 9.69 Å². The van der Waals surface area contributed by atoms with E-state index in [0.29, 0.717) is 18.5 Å². The van der Waals surface area contributed by atoms with Crippen LogP contribution in [0.4, 0.5) is 0 Å². The number of morpholine rings is 1. The second-order valence-electron chi connectivity index (χ2n) is 5.02. The number of likely N-dealkylation sites (N-methyl/N-ethyl adjacent to an activating group) is 1. The van der Waals surface area contributed by atoms with E-state index in [1.165, 1.54) is 0 Å². The number of nitrogens with zero attached hydrogens (tertiary/aromatic N) is 2. The summed E-state index contributed by atoms with van der Waals surface area (Å²) in [5.74, 6) is 0.781. The first kappa shape index (κ1) is 12.8. The SMILES string of the molecule is CNCC(=O)N1CC(C)C(N2CCOCC2)C1. The van der Waals surface area contributed by atoms with Crippen molar-refractivity contribution in [2.75, 3.05) is 53.0 Å². The molecule has 0 aromatic heterocycles. The number of carbonyl (C=O) groups excluding carboxylic acids is 1. The zero-order valence-electron chi connectivity index (χ0n) is 10.8. The Morgan fingerprint density at radius 2 is 2.06 bits per heavy atom. The fourth-order valence-corrected chi connectivity index (χ4v) is 2.80. The van der Waals surface area contributed by atoms with Gasteiger partial charge in [0.05, 0.1) is 19.8 Å². The Labute approximate surface area is 103 Å². The third-order valence-electron chi connectivity index (χ3n) is 3.77. The zero-order chi connectivity index (χ0) is 12.3. The van der Waals surface area contributed by atoms with E-state index in [9.17, 15) is 4.79 Å². The molecule has 2 atom stereocenters. The first-order valence-electron chi connectivity index (χ1n) is 6.46. The van der Waals surface area contributed by atoms with Crippen molar-refractivity contribution in [2.45, 2.75) is 13.0 Å². The number of carbonyl (C=O) groups is 1. The Morgan fingerprint density at radius 1 is 1.35 bits per heavy atom. The lowest BCUT2D eigenvalue weighted by Gasteiger charge is -2.33. The average Bonchev–Trinajstić information content (AvgIpc) is 2.73. The van der Waals surface area contributed by atoms with E-state index in [0.717, 1.165) is 39.4 Å². The molecule has 2 aliphatic heterocycles. The van der Waals surface area contributed by atoms with Gasteiger partial charge in [0.1, 0.15) is 0 Å². The summed E-state index contributed by atoms with van der Waals surface area (Å²) < 4.78 is 5.38. The van der Waals surface area contributed by atoms with Crippen molar-refractivity contribution in [3.63, 3.8) is 0 Å². The van der Waals surface area contributed by atoms with Crippen LogP contribution in [0.15, 0.2) is 0 Å². The molecule has 2 heterocycles. The molecule has 1 N–H and O–H groups in total. The summed E-state index contributed by atoms with van der Waals surface area (Å²) >= 11 is 0. The summed E-state index contributed by atoms with van der Waals surface area (Å²) in [7, 11) is 1.82. The van der Waals surface area contributed by atoms with Gasteiger partial charge in [0.2, 0.25) is 5.91 Å². The smallest absolute Gasteiger partial charge is 0.236 e. The Morgan fingerprint density at radius 3 is 2.71 bits per heavy atom. The van der Waals surface area contributed by atoms with Gasteiger partial charge in [-0.25, -0.2) is 0 Å². The Hall–Kier alpha value is -0.650. The average molecular weight is 241 g/mol. The van der Waals surface area contributed by atoms with E-state index in [1.54, 1.807) is 0 Å². The summed E-state index contributed by atoms with van der Waals surface area (Å²) in [6, 6.07) is 0.514. The molecular weight excluding hydrogens is 218 g/mol. The molecule has 5 heteroatoms. The lowest BCUT2D eigenvalue weighted by atomic mass is 10.0. The van der Waals surface area contributed by atoms with Crippen molar-refractivity contribution in [3.05, 3.63) is 0 Å². The molecular formula is C12H23N3O2. The number of hydrogen-bond donors (Lipinski definition) is 1. The van der Waals surface area contributed by atoms with Crippen LogP contribution in [0.2, 0.25) is 0 Å². The van der Waals surface area contributed by atoms with Crippen LogP contribution in [0.25, 0.3) is 0 Å². The van der Waals surface area contributed by atoms with Crippen molar-refractivity contribution in [2.24, 2.45) is 5.92 Å². The van der Waals surface area contributed by atoms with Crippen molar-refractivity contribution in [1.82, 2.24) is 15.1 Å². The van der Waals surface area contributed by atoms with Gasteiger partial charge in [-0.2, -0.15) is 0 Å². The highest BCUT2D eigenvalue weighted by Gasteiger charge is 2.36. The Balaban J connectivity index is 1.89. The fourth-order valence-electron chi connectivity index (χ4n) is 2.80. The van der Waals surface area contributed by atoms with Crippen LogP contribution in [0, 0.1) is 5.92 Å². The quantitative estimate of drug-likeness (QED) is 0.715. The molecule has 98 valence electrons. The number of amides is 1. The number of rotatable bonds is 3. The molecule has 0 spiro atoms. The van der Waals surface area contributed by atoms with Crippen LogP contribution < -0.4 is 5.32 Å². The number of likely N-dealkylation sites (tertiary alicyclic amines) is 1. The highest BCUT2D eigenvalue weighted by atomic mass is 16.5. The number of hydrogen-bond acceptors (Lipinski definition) is 4. The lowest BCUT2D eigenvalue weighted by molar-refractivity contribution is -0.129. The highest BCUT2D eigenvalue weighted by Crippen LogP contribution is 2.22. The van der Waals surface area contributed by atoms with E-state index in [1.807, 2.05) is 11.9 Å². The van der Waals surface area contributed by atoms with E-state index in [-0.39, 0.29) is 5.91 Å². The van der Waals surface area contributed by atoms with Crippen LogP contribution in [0.3, 0.4) is 0 Å². The molecule has 0 aromatic rings. The van der Waals surface area contributed by atoms with Crippen molar-refractivity contribution in [1.29, 1.82) is 0 Å². The van der Waals surface area contributed by atoms with Gasteiger partial charge in [-0.05, 0) is 13.0 Å².